The number of guanidine groups is 1. The molecule has 0 radical (unpaired) electrons. The highest BCUT2D eigenvalue weighted by Gasteiger charge is 2.44. The number of rotatable bonds is 6. The highest BCUT2D eigenvalue weighted by Crippen LogP contribution is 2.47. The number of nitrogens with zero attached hydrogens (tertiary/aromatic N) is 3. The maximum absolute atomic E-state index is 13.6. The lowest BCUT2D eigenvalue weighted by Gasteiger charge is -2.22. The number of aryl methyl sites for hydroxylation is 2. The van der Waals surface area contributed by atoms with Crippen LogP contribution in [-0.2, 0) is 18.9 Å². The molecule has 1 aromatic heterocycles. The van der Waals surface area contributed by atoms with Crippen molar-refractivity contribution in [2.45, 2.75) is 51.5 Å². The van der Waals surface area contributed by atoms with Crippen LogP contribution < -0.4 is 10.6 Å². The van der Waals surface area contributed by atoms with Crippen LogP contribution in [-0.4, -0.2) is 35.4 Å². The molecular weight excluding hydrogens is 468 g/mol. The van der Waals surface area contributed by atoms with Crippen LogP contribution in [0.3, 0.4) is 0 Å². The van der Waals surface area contributed by atoms with Crippen LogP contribution in [0.4, 0.5) is 4.39 Å². The van der Waals surface area contributed by atoms with Crippen molar-refractivity contribution in [3.8, 4) is 0 Å². The Morgan fingerprint density at radius 3 is 2.61 bits per heavy atom. The lowest BCUT2D eigenvalue weighted by molar-refractivity contribution is 0.595. The Bertz CT molecular complexity index is 841. The van der Waals surface area contributed by atoms with Crippen molar-refractivity contribution in [2.75, 3.05) is 13.6 Å². The summed E-state index contributed by atoms with van der Waals surface area (Å²) in [6.07, 6.45) is 3.04. The molecule has 0 aliphatic heterocycles. The van der Waals surface area contributed by atoms with E-state index in [0.29, 0.717) is 0 Å². The molecule has 1 heterocycles. The number of hydrogen-bond acceptors (Lipinski definition) is 2. The van der Waals surface area contributed by atoms with Gasteiger partial charge in [0.05, 0.1) is 5.69 Å². The summed E-state index contributed by atoms with van der Waals surface area (Å²) in [6.45, 7) is 7.06. The van der Waals surface area contributed by atoms with E-state index in [2.05, 4.69) is 41.5 Å². The second-order valence-corrected chi connectivity index (χ2v) is 7.74. The molecule has 0 spiro atoms. The summed E-state index contributed by atoms with van der Waals surface area (Å²) >= 11 is 0. The molecule has 1 aliphatic rings. The van der Waals surface area contributed by atoms with E-state index in [1.54, 1.807) is 19.2 Å². The average Bonchev–Trinajstić information content (AvgIpc) is 3.39. The Morgan fingerprint density at radius 1 is 1.36 bits per heavy atom. The summed E-state index contributed by atoms with van der Waals surface area (Å²) in [5, 5.41) is 11.4. The maximum atomic E-state index is 13.6. The first-order valence-corrected chi connectivity index (χ1v) is 9.57. The molecule has 1 aliphatic carbocycles. The van der Waals surface area contributed by atoms with Crippen LogP contribution in [0.15, 0.2) is 29.3 Å². The van der Waals surface area contributed by atoms with Crippen molar-refractivity contribution < 1.29 is 4.39 Å². The van der Waals surface area contributed by atoms with Crippen molar-refractivity contribution >= 4 is 29.9 Å². The number of hydrogen-bond donors (Lipinski definition) is 2. The van der Waals surface area contributed by atoms with E-state index in [1.165, 1.54) is 17.3 Å². The molecule has 1 aromatic carbocycles. The van der Waals surface area contributed by atoms with Crippen molar-refractivity contribution in [2.24, 2.45) is 12.0 Å². The second-order valence-electron chi connectivity index (χ2n) is 7.74. The van der Waals surface area contributed by atoms with Crippen molar-refractivity contribution in [1.29, 1.82) is 0 Å². The van der Waals surface area contributed by atoms with E-state index < -0.39 is 0 Å². The van der Waals surface area contributed by atoms with E-state index >= 15 is 0 Å². The van der Waals surface area contributed by atoms with Gasteiger partial charge in [-0.1, -0.05) is 12.1 Å². The van der Waals surface area contributed by atoms with E-state index in [-0.39, 0.29) is 41.3 Å². The topological polar surface area (TPSA) is 54.2 Å². The molecule has 1 unspecified atom stereocenters. The molecule has 0 saturated heterocycles. The van der Waals surface area contributed by atoms with Gasteiger partial charge in [0.15, 0.2) is 5.96 Å². The first kappa shape index (κ1) is 22.6. The summed E-state index contributed by atoms with van der Waals surface area (Å²) in [5.74, 6) is 0.612. The number of aliphatic imine (C=N–C) groups is 1. The Morgan fingerprint density at radius 2 is 2.07 bits per heavy atom. The summed E-state index contributed by atoms with van der Waals surface area (Å²) < 4.78 is 15.5. The molecule has 28 heavy (non-hydrogen) atoms. The monoisotopic (exact) mass is 499 g/mol. The van der Waals surface area contributed by atoms with E-state index in [4.69, 9.17) is 0 Å². The predicted octanol–water partition coefficient (Wildman–Crippen LogP) is 3.62. The zero-order valence-electron chi connectivity index (χ0n) is 17.3. The fourth-order valence-electron chi connectivity index (χ4n) is 3.69. The molecule has 0 amide bonds. The van der Waals surface area contributed by atoms with Crippen LogP contribution in [0, 0.1) is 19.7 Å². The molecule has 154 valence electrons. The Balaban J connectivity index is 0.00000280. The van der Waals surface area contributed by atoms with Gasteiger partial charge < -0.3 is 10.6 Å². The zero-order valence-corrected chi connectivity index (χ0v) is 19.7. The van der Waals surface area contributed by atoms with Gasteiger partial charge >= 0.3 is 0 Å². The summed E-state index contributed by atoms with van der Waals surface area (Å²) in [6, 6.07) is 7.18. The standard InChI is InChI=1S/C21H30FN5.HI/c1-14(11-19-15(2)26-27(5)16(19)3)25-20(23-4)24-13-21(9-10-21)17-7-6-8-18(22)12-17;/h6-8,12,14H,9-11,13H2,1-5H3,(H2,23,24,25);1H. The highest BCUT2D eigenvalue weighted by atomic mass is 127. The lowest BCUT2D eigenvalue weighted by atomic mass is 9.96. The van der Waals surface area contributed by atoms with Gasteiger partial charge in [-0.2, -0.15) is 5.10 Å². The summed E-state index contributed by atoms with van der Waals surface area (Å²) in [5.41, 5.74) is 4.66. The largest absolute Gasteiger partial charge is 0.356 e. The SMILES string of the molecule is CN=C(NCC1(c2cccc(F)c2)CC1)NC(C)Cc1c(C)nn(C)c1C.I. The second kappa shape index (κ2) is 9.24. The first-order valence-electron chi connectivity index (χ1n) is 9.57. The molecule has 5 nitrogen and oxygen atoms in total. The molecule has 2 aromatic rings. The Labute approximate surface area is 184 Å². The number of halogens is 2. The van der Waals surface area contributed by atoms with Gasteiger partial charge in [0.1, 0.15) is 5.82 Å². The van der Waals surface area contributed by atoms with Crippen LogP contribution in [0.25, 0.3) is 0 Å². The van der Waals surface area contributed by atoms with Gasteiger partial charge in [0.25, 0.3) is 0 Å². The molecule has 3 rings (SSSR count). The molecule has 0 bridgehead atoms. The van der Waals surface area contributed by atoms with Crippen molar-refractivity contribution in [3.63, 3.8) is 0 Å². The van der Waals surface area contributed by atoms with E-state index in [0.717, 1.165) is 43.0 Å². The lowest BCUT2D eigenvalue weighted by Crippen LogP contribution is -2.45. The minimum atomic E-state index is -0.169. The van der Waals surface area contributed by atoms with Crippen molar-refractivity contribution in [3.05, 3.63) is 52.6 Å². The van der Waals surface area contributed by atoms with Gasteiger partial charge in [-0.15, -0.1) is 24.0 Å². The van der Waals surface area contributed by atoms with Gasteiger partial charge in [0, 0.05) is 37.8 Å². The fourth-order valence-corrected chi connectivity index (χ4v) is 3.69. The molecule has 1 saturated carbocycles. The molecule has 7 heteroatoms. The van der Waals surface area contributed by atoms with Crippen LogP contribution in [0.1, 0.15) is 42.3 Å². The normalized spacial score (nSPS) is 16.3. The Hall–Kier alpha value is -1.64. The number of aromatic nitrogens is 2. The van der Waals surface area contributed by atoms with Crippen LogP contribution >= 0.6 is 24.0 Å². The highest BCUT2D eigenvalue weighted by molar-refractivity contribution is 14.0. The average molecular weight is 499 g/mol. The van der Waals surface area contributed by atoms with E-state index in [1.807, 2.05) is 17.8 Å². The van der Waals surface area contributed by atoms with Gasteiger partial charge in [0.2, 0.25) is 0 Å². The van der Waals surface area contributed by atoms with Gasteiger partial charge in [-0.05, 0) is 63.3 Å². The van der Waals surface area contributed by atoms with Crippen LogP contribution in [0.5, 0.6) is 0 Å². The first-order chi connectivity index (χ1) is 12.8. The maximum Gasteiger partial charge on any atom is 0.191 e. The van der Waals surface area contributed by atoms with Gasteiger partial charge in [-0.25, -0.2) is 4.39 Å². The predicted molar refractivity (Wildman–Crippen MR) is 123 cm³/mol. The minimum absolute atomic E-state index is 0. The summed E-state index contributed by atoms with van der Waals surface area (Å²) in [4.78, 5) is 4.36. The van der Waals surface area contributed by atoms with Crippen molar-refractivity contribution in [1.82, 2.24) is 20.4 Å². The minimum Gasteiger partial charge on any atom is -0.356 e. The zero-order chi connectivity index (χ0) is 19.6. The van der Waals surface area contributed by atoms with Gasteiger partial charge in [-0.3, -0.25) is 9.67 Å². The van der Waals surface area contributed by atoms with Crippen LogP contribution in [0.2, 0.25) is 0 Å². The Kier molecular flexibility index (Phi) is 7.47. The molecule has 2 N–H and O–H groups in total. The third kappa shape index (κ3) is 5.04. The third-order valence-corrected chi connectivity index (χ3v) is 5.66. The third-order valence-electron chi connectivity index (χ3n) is 5.66. The quantitative estimate of drug-likeness (QED) is 0.363. The molecule has 1 fully saturated rings. The smallest absolute Gasteiger partial charge is 0.191 e. The number of nitrogens with one attached hydrogen (secondary N) is 2. The van der Waals surface area contributed by atoms with E-state index in [9.17, 15) is 4.39 Å². The number of benzene rings is 1. The summed E-state index contributed by atoms with van der Waals surface area (Å²) in [7, 11) is 3.76. The fraction of sp³-hybridized carbons (Fsp3) is 0.524. The molecular formula is C21H31FIN5. The molecule has 1 atom stereocenters.